The molecule has 1 aliphatic carbocycles. The fourth-order valence-electron chi connectivity index (χ4n) is 2.95. The van der Waals surface area contributed by atoms with Crippen molar-refractivity contribution in [1.29, 1.82) is 0 Å². The minimum absolute atomic E-state index is 0.0390. The van der Waals surface area contributed by atoms with E-state index >= 15 is 0 Å². The fraction of sp³-hybridized carbons (Fsp3) is 0.381. The van der Waals surface area contributed by atoms with Gasteiger partial charge in [0.15, 0.2) is 0 Å². The molecular weight excluding hydrogens is 481 g/mol. The van der Waals surface area contributed by atoms with E-state index < -0.39 is 36.1 Å². The number of carbonyl (C=O) groups is 3. The van der Waals surface area contributed by atoms with Crippen molar-refractivity contribution < 1.29 is 41.1 Å². The molecule has 0 saturated heterocycles. The van der Waals surface area contributed by atoms with E-state index in [1.165, 1.54) is 18.5 Å². The molecule has 0 aliphatic heterocycles. The van der Waals surface area contributed by atoms with Gasteiger partial charge in [-0.25, -0.2) is 0 Å². The third-order valence-electron chi connectivity index (χ3n) is 4.67. The van der Waals surface area contributed by atoms with Crippen LogP contribution in [0.2, 0.25) is 0 Å². The van der Waals surface area contributed by atoms with Crippen LogP contribution >= 0.6 is 0 Å². The van der Waals surface area contributed by atoms with Crippen LogP contribution in [-0.4, -0.2) is 40.4 Å². The SMILES string of the molecule is FC(F)OC1CCCC1.NC(=O)c1cncc(NC(=O)C(=O)NCc2ccc(C(F)(F)F)cn2)c1. The maximum atomic E-state index is 12.4. The van der Waals surface area contributed by atoms with Gasteiger partial charge in [-0.15, -0.1) is 0 Å². The van der Waals surface area contributed by atoms with Gasteiger partial charge in [0.2, 0.25) is 5.91 Å². The molecule has 2 aromatic rings. The maximum absolute atomic E-state index is 12.4. The Labute approximate surface area is 196 Å². The highest BCUT2D eigenvalue weighted by Crippen LogP contribution is 2.28. The molecule has 9 nitrogen and oxygen atoms in total. The van der Waals surface area contributed by atoms with Crippen LogP contribution in [0.4, 0.5) is 27.6 Å². The highest BCUT2D eigenvalue weighted by molar-refractivity contribution is 6.39. The Kier molecular flexibility index (Phi) is 9.99. The number of nitrogens with one attached hydrogen (secondary N) is 2. The second-order valence-corrected chi connectivity index (χ2v) is 7.30. The summed E-state index contributed by atoms with van der Waals surface area (Å²) >= 11 is 0. The number of rotatable bonds is 6. The Morgan fingerprint density at radius 2 is 1.77 bits per heavy atom. The average Bonchev–Trinajstić information content (AvgIpc) is 3.30. The van der Waals surface area contributed by atoms with Gasteiger partial charge in [-0.1, -0.05) is 12.8 Å². The van der Waals surface area contributed by atoms with Crippen LogP contribution in [-0.2, 0) is 27.0 Å². The van der Waals surface area contributed by atoms with Crippen LogP contribution in [0.5, 0.6) is 0 Å². The Morgan fingerprint density at radius 1 is 1.09 bits per heavy atom. The molecule has 0 atom stereocenters. The number of anilines is 1. The van der Waals surface area contributed by atoms with Gasteiger partial charge in [-0.3, -0.25) is 24.4 Å². The van der Waals surface area contributed by atoms with Crippen molar-refractivity contribution in [2.24, 2.45) is 5.73 Å². The molecular formula is C21H22F5N5O4. The zero-order valence-electron chi connectivity index (χ0n) is 18.1. The number of halogens is 5. The number of pyridine rings is 2. The van der Waals surface area contributed by atoms with Crippen LogP contribution < -0.4 is 16.4 Å². The van der Waals surface area contributed by atoms with Crippen molar-refractivity contribution in [1.82, 2.24) is 15.3 Å². The fourth-order valence-corrected chi connectivity index (χ4v) is 2.95. The third kappa shape index (κ3) is 9.60. The Morgan fingerprint density at radius 3 is 2.31 bits per heavy atom. The molecule has 1 aliphatic rings. The highest BCUT2D eigenvalue weighted by Gasteiger charge is 2.30. The quantitative estimate of drug-likeness (QED) is 0.410. The van der Waals surface area contributed by atoms with Gasteiger partial charge < -0.3 is 21.1 Å². The van der Waals surface area contributed by atoms with E-state index in [0.29, 0.717) is 6.20 Å². The van der Waals surface area contributed by atoms with E-state index in [1.54, 1.807) is 0 Å². The molecule has 35 heavy (non-hydrogen) atoms. The Balaban J connectivity index is 0.000000402. The van der Waals surface area contributed by atoms with Gasteiger partial charge in [0.05, 0.1) is 41.4 Å². The summed E-state index contributed by atoms with van der Waals surface area (Å²) < 4.78 is 64.5. The molecule has 0 radical (unpaired) electrons. The largest absolute Gasteiger partial charge is 0.417 e. The first-order valence-corrected chi connectivity index (χ1v) is 10.3. The van der Waals surface area contributed by atoms with E-state index in [1.807, 2.05) is 0 Å². The summed E-state index contributed by atoms with van der Waals surface area (Å²) in [7, 11) is 0. The third-order valence-corrected chi connectivity index (χ3v) is 4.67. The predicted octanol–water partition coefficient (Wildman–Crippen LogP) is 3.02. The van der Waals surface area contributed by atoms with E-state index in [4.69, 9.17) is 5.73 Å². The number of hydrogen-bond acceptors (Lipinski definition) is 6. The van der Waals surface area contributed by atoms with Gasteiger partial charge in [0.1, 0.15) is 0 Å². The van der Waals surface area contributed by atoms with Gasteiger partial charge in [0.25, 0.3) is 0 Å². The monoisotopic (exact) mass is 503 g/mol. The van der Waals surface area contributed by atoms with Crippen molar-refractivity contribution in [2.45, 2.75) is 51.1 Å². The van der Waals surface area contributed by atoms with Gasteiger partial charge >= 0.3 is 24.6 Å². The first kappa shape index (κ1) is 27.6. The van der Waals surface area contributed by atoms with Crippen LogP contribution in [0.15, 0.2) is 36.8 Å². The normalized spacial score (nSPS) is 13.7. The molecule has 4 N–H and O–H groups in total. The molecule has 2 heterocycles. The molecule has 3 amide bonds. The molecule has 3 rings (SSSR count). The Hall–Kier alpha value is -3.68. The second kappa shape index (κ2) is 12.7. The van der Waals surface area contributed by atoms with Crippen LogP contribution in [0.1, 0.15) is 47.3 Å². The summed E-state index contributed by atoms with van der Waals surface area (Å²) in [6.07, 6.45) is 2.04. The molecule has 0 bridgehead atoms. The average molecular weight is 503 g/mol. The van der Waals surface area contributed by atoms with Crippen molar-refractivity contribution in [3.05, 3.63) is 53.6 Å². The lowest BCUT2D eigenvalue weighted by molar-refractivity contribution is -0.160. The zero-order chi connectivity index (χ0) is 26.0. The molecule has 190 valence electrons. The van der Waals surface area contributed by atoms with Crippen molar-refractivity contribution in [3.8, 4) is 0 Å². The predicted molar refractivity (Wildman–Crippen MR) is 112 cm³/mol. The molecule has 14 heteroatoms. The first-order valence-electron chi connectivity index (χ1n) is 10.3. The van der Waals surface area contributed by atoms with Crippen LogP contribution in [0.25, 0.3) is 0 Å². The van der Waals surface area contributed by atoms with Gasteiger partial charge in [0, 0.05) is 12.4 Å². The zero-order valence-corrected chi connectivity index (χ0v) is 18.1. The summed E-state index contributed by atoms with van der Waals surface area (Å²) in [5.41, 5.74) is 4.40. The van der Waals surface area contributed by atoms with Crippen LogP contribution in [0, 0.1) is 0 Å². The number of hydrogen-bond donors (Lipinski definition) is 3. The summed E-state index contributed by atoms with van der Waals surface area (Å²) in [5, 5.41) is 4.42. The summed E-state index contributed by atoms with van der Waals surface area (Å²) in [6.45, 7) is -2.82. The lowest BCUT2D eigenvalue weighted by Gasteiger charge is -2.08. The Bertz CT molecular complexity index is 1010. The smallest absolute Gasteiger partial charge is 0.366 e. The number of ether oxygens (including phenoxy) is 1. The number of carbonyl (C=O) groups excluding carboxylic acids is 3. The number of amides is 3. The minimum atomic E-state index is -4.51. The van der Waals surface area contributed by atoms with E-state index in [-0.39, 0.29) is 29.6 Å². The van der Waals surface area contributed by atoms with Crippen molar-refractivity contribution >= 4 is 23.4 Å². The van der Waals surface area contributed by atoms with Crippen molar-refractivity contribution in [2.75, 3.05) is 5.32 Å². The second-order valence-electron chi connectivity index (χ2n) is 7.30. The van der Waals surface area contributed by atoms with Crippen molar-refractivity contribution in [3.63, 3.8) is 0 Å². The van der Waals surface area contributed by atoms with E-state index in [0.717, 1.165) is 37.8 Å². The first-order chi connectivity index (χ1) is 16.5. The maximum Gasteiger partial charge on any atom is 0.417 e. The molecule has 2 aromatic heterocycles. The summed E-state index contributed by atoms with van der Waals surface area (Å²) in [5.74, 6) is -2.86. The molecule has 1 fully saturated rings. The van der Waals surface area contributed by atoms with E-state index in [2.05, 4.69) is 25.3 Å². The number of nitrogens with two attached hydrogens (primary N) is 1. The number of aromatic nitrogens is 2. The summed E-state index contributed by atoms with van der Waals surface area (Å²) in [6, 6.07) is 3.13. The minimum Gasteiger partial charge on any atom is -0.366 e. The highest BCUT2D eigenvalue weighted by atomic mass is 19.4. The number of alkyl halides is 5. The lowest BCUT2D eigenvalue weighted by atomic mass is 10.2. The number of nitrogens with zero attached hydrogens (tertiary/aromatic N) is 2. The van der Waals surface area contributed by atoms with Crippen LogP contribution in [0.3, 0.4) is 0 Å². The van der Waals surface area contributed by atoms with Gasteiger partial charge in [-0.05, 0) is 31.0 Å². The number of primary amides is 1. The molecule has 0 spiro atoms. The van der Waals surface area contributed by atoms with Gasteiger partial charge in [-0.2, -0.15) is 22.0 Å². The molecule has 0 unspecified atom stereocenters. The molecule has 1 saturated carbocycles. The van der Waals surface area contributed by atoms with E-state index in [9.17, 15) is 36.3 Å². The molecule has 0 aromatic carbocycles. The standard InChI is InChI=1S/C15H12F3N5O3.C6H10F2O/c16-15(17,18)9-1-2-10(21-5-9)7-22-13(25)14(26)23-11-3-8(12(19)24)4-20-6-11;7-6(8)9-5-3-1-2-4-5/h1-6H,7H2,(H2,19,24)(H,22,25)(H,23,26);5-6H,1-4H2. The summed E-state index contributed by atoms with van der Waals surface area (Å²) in [4.78, 5) is 41.8. The topological polar surface area (TPSA) is 136 Å². The lowest BCUT2D eigenvalue weighted by Crippen LogP contribution is -2.35.